The van der Waals surface area contributed by atoms with E-state index in [-0.39, 0.29) is 22.5 Å². The molecule has 1 fully saturated rings. The van der Waals surface area contributed by atoms with Crippen molar-refractivity contribution in [1.29, 1.82) is 0 Å². The van der Waals surface area contributed by atoms with Crippen molar-refractivity contribution >= 4 is 46.6 Å². The van der Waals surface area contributed by atoms with E-state index in [1.165, 1.54) is 21.1 Å². The van der Waals surface area contributed by atoms with E-state index in [0.29, 0.717) is 0 Å². The van der Waals surface area contributed by atoms with Crippen LogP contribution in [0, 0.1) is 0 Å². The zero-order valence-electron chi connectivity index (χ0n) is 9.34. The van der Waals surface area contributed by atoms with Crippen LogP contribution in [0.15, 0.2) is 23.1 Å². The number of thiocarbonyl (C=S) groups is 1. The molecule has 0 N–H and O–H groups in total. The predicted molar refractivity (Wildman–Crippen MR) is 70.4 cm³/mol. The van der Waals surface area contributed by atoms with Crippen LogP contribution in [0.1, 0.15) is 4.88 Å². The van der Waals surface area contributed by atoms with Gasteiger partial charge in [-0.15, -0.1) is 11.3 Å². The van der Waals surface area contributed by atoms with Crippen molar-refractivity contribution in [2.45, 2.75) is 0 Å². The summed E-state index contributed by atoms with van der Waals surface area (Å²) in [5.74, 6) is -0.710. The highest BCUT2D eigenvalue weighted by Crippen LogP contribution is 2.20. The standard InChI is InChI=1S/C11H10N2O2S2/c1-12-9(14)8(6-7-4-3-5-17-7)10(15)13(2)11(12)16/h3-6H,1-2H3. The smallest absolute Gasteiger partial charge is 0.265 e. The molecule has 0 radical (unpaired) electrons. The molecule has 0 bridgehead atoms. The lowest BCUT2D eigenvalue weighted by Crippen LogP contribution is -2.52. The number of hydrogen-bond acceptors (Lipinski definition) is 4. The Morgan fingerprint density at radius 2 is 1.82 bits per heavy atom. The first-order chi connectivity index (χ1) is 8.02. The number of carbonyl (C=O) groups excluding carboxylic acids is 2. The van der Waals surface area contributed by atoms with Gasteiger partial charge in [0, 0.05) is 19.0 Å². The van der Waals surface area contributed by atoms with E-state index in [1.54, 1.807) is 20.2 Å². The molecule has 1 aromatic heterocycles. The number of amides is 2. The minimum atomic E-state index is -0.355. The maximum Gasteiger partial charge on any atom is 0.265 e. The Hall–Kier alpha value is -1.53. The third-order valence-corrected chi connectivity index (χ3v) is 3.84. The molecule has 88 valence electrons. The fourth-order valence-electron chi connectivity index (χ4n) is 1.49. The number of nitrogens with zero attached hydrogens (tertiary/aromatic N) is 2. The first kappa shape index (κ1) is 11.9. The van der Waals surface area contributed by atoms with E-state index in [2.05, 4.69) is 0 Å². The molecule has 0 aromatic carbocycles. The zero-order chi connectivity index (χ0) is 12.6. The van der Waals surface area contributed by atoms with Gasteiger partial charge in [-0.1, -0.05) is 6.07 Å². The fraction of sp³-hybridized carbons (Fsp3) is 0.182. The zero-order valence-corrected chi connectivity index (χ0v) is 11.0. The average Bonchev–Trinajstić information content (AvgIpc) is 2.82. The second-order valence-corrected chi connectivity index (χ2v) is 4.93. The molecule has 1 aliphatic heterocycles. The number of hydrogen-bond donors (Lipinski definition) is 0. The quantitative estimate of drug-likeness (QED) is 0.437. The number of thiophene rings is 1. The lowest BCUT2D eigenvalue weighted by atomic mass is 10.1. The summed E-state index contributed by atoms with van der Waals surface area (Å²) < 4.78 is 0. The number of carbonyl (C=O) groups is 2. The van der Waals surface area contributed by atoms with Crippen molar-refractivity contribution in [2.75, 3.05) is 14.1 Å². The third kappa shape index (κ3) is 2.01. The van der Waals surface area contributed by atoms with Crippen LogP contribution in [0.4, 0.5) is 0 Å². The lowest BCUT2D eigenvalue weighted by molar-refractivity contribution is -0.132. The van der Waals surface area contributed by atoms with Gasteiger partial charge in [0.1, 0.15) is 5.57 Å². The SMILES string of the molecule is CN1C(=O)C(=Cc2cccs2)C(=O)N(C)C1=S. The normalized spacial score (nSPS) is 16.8. The van der Waals surface area contributed by atoms with E-state index in [4.69, 9.17) is 12.2 Å². The van der Waals surface area contributed by atoms with Crippen LogP contribution in [0.2, 0.25) is 0 Å². The van der Waals surface area contributed by atoms with Crippen molar-refractivity contribution < 1.29 is 9.59 Å². The largest absolute Gasteiger partial charge is 0.288 e. The molecule has 0 atom stereocenters. The van der Waals surface area contributed by atoms with Gasteiger partial charge in [-0.3, -0.25) is 19.4 Å². The van der Waals surface area contributed by atoms with Gasteiger partial charge in [0.05, 0.1) is 0 Å². The molecule has 4 nitrogen and oxygen atoms in total. The van der Waals surface area contributed by atoms with Crippen LogP contribution in [-0.4, -0.2) is 40.8 Å². The molecule has 2 rings (SSSR count). The third-order valence-electron chi connectivity index (χ3n) is 2.47. The molecule has 2 heterocycles. The number of likely N-dealkylation sites (N-methyl/N-ethyl adjacent to an activating group) is 2. The lowest BCUT2D eigenvalue weighted by Gasteiger charge is -2.31. The van der Waals surface area contributed by atoms with E-state index in [9.17, 15) is 9.59 Å². The molecule has 0 saturated carbocycles. The minimum Gasteiger partial charge on any atom is -0.288 e. The molecule has 0 unspecified atom stereocenters. The molecular formula is C11H10N2O2S2. The first-order valence-electron chi connectivity index (χ1n) is 4.87. The van der Waals surface area contributed by atoms with Crippen LogP contribution in [0.25, 0.3) is 6.08 Å². The van der Waals surface area contributed by atoms with E-state index in [0.717, 1.165) is 4.88 Å². The van der Waals surface area contributed by atoms with Crippen molar-refractivity contribution in [1.82, 2.24) is 9.80 Å². The van der Waals surface area contributed by atoms with Crippen LogP contribution < -0.4 is 0 Å². The second-order valence-electron chi connectivity index (χ2n) is 3.58. The Morgan fingerprint density at radius 1 is 1.24 bits per heavy atom. The van der Waals surface area contributed by atoms with Gasteiger partial charge in [-0.05, 0) is 29.7 Å². The maximum atomic E-state index is 11.9. The van der Waals surface area contributed by atoms with E-state index in [1.807, 2.05) is 17.5 Å². The maximum absolute atomic E-state index is 11.9. The van der Waals surface area contributed by atoms with Gasteiger partial charge >= 0.3 is 0 Å². The van der Waals surface area contributed by atoms with E-state index < -0.39 is 0 Å². The molecule has 0 spiro atoms. The Labute approximate surface area is 108 Å². The summed E-state index contributed by atoms with van der Waals surface area (Å²) in [6.07, 6.45) is 1.60. The summed E-state index contributed by atoms with van der Waals surface area (Å²) in [6, 6.07) is 3.72. The van der Waals surface area contributed by atoms with Gasteiger partial charge < -0.3 is 0 Å². The summed E-state index contributed by atoms with van der Waals surface area (Å²) >= 11 is 6.46. The van der Waals surface area contributed by atoms with Crippen molar-refractivity contribution in [3.8, 4) is 0 Å². The summed E-state index contributed by atoms with van der Waals surface area (Å²) in [5, 5.41) is 2.12. The van der Waals surface area contributed by atoms with Crippen molar-refractivity contribution in [3.63, 3.8) is 0 Å². The molecule has 17 heavy (non-hydrogen) atoms. The Kier molecular flexibility index (Phi) is 3.08. The van der Waals surface area contributed by atoms with Gasteiger partial charge in [0.25, 0.3) is 11.8 Å². The average molecular weight is 266 g/mol. The molecule has 2 amide bonds. The van der Waals surface area contributed by atoms with Crippen LogP contribution >= 0.6 is 23.6 Å². The van der Waals surface area contributed by atoms with E-state index >= 15 is 0 Å². The summed E-state index contributed by atoms with van der Waals surface area (Å²) in [7, 11) is 3.13. The van der Waals surface area contributed by atoms with Crippen molar-refractivity contribution in [3.05, 3.63) is 28.0 Å². The minimum absolute atomic E-state index is 0.144. The Balaban J connectivity index is 2.43. The highest BCUT2D eigenvalue weighted by atomic mass is 32.1. The molecule has 1 aliphatic rings. The first-order valence-corrected chi connectivity index (χ1v) is 6.16. The van der Waals surface area contributed by atoms with Crippen LogP contribution in [-0.2, 0) is 9.59 Å². The predicted octanol–water partition coefficient (Wildman–Crippen LogP) is 1.35. The molecule has 6 heteroatoms. The van der Waals surface area contributed by atoms with Crippen LogP contribution in [0.5, 0.6) is 0 Å². The highest BCUT2D eigenvalue weighted by Gasteiger charge is 2.35. The van der Waals surface area contributed by atoms with Gasteiger partial charge in [0.2, 0.25) is 0 Å². The monoisotopic (exact) mass is 266 g/mol. The summed E-state index contributed by atoms with van der Waals surface area (Å²) in [6.45, 7) is 0. The fourth-order valence-corrected chi connectivity index (χ4v) is 2.31. The van der Waals surface area contributed by atoms with Gasteiger partial charge in [-0.25, -0.2) is 0 Å². The number of rotatable bonds is 1. The molecular weight excluding hydrogens is 256 g/mol. The highest BCUT2D eigenvalue weighted by molar-refractivity contribution is 7.80. The molecule has 1 saturated heterocycles. The van der Waals surface area contributed by atoms with Crippen molar-refractivity contribution in [2.24, 2.45) is 0 Å². The molecule has 1 aromatic rings. The Bertz CT molecular complexity index is 494. The van der Waals surface area contributed by atoms with Gasteiger partial charge in [0.15, 0.2) is 5.11 Å². The molecule has 0 aliphatic carbocycles. The van der Waals surface area contributed by atoms with Crippen LogP contribution in [0.3, 0.4) is 0 Å². The summed E-state index contributed by atoms with van der Waals surface area (Å²) in [5.41, 5.74) is 0.144. The topological polar surface area (TPSA) is 40.6 Å². The summed E-state index contributed by atoms with van der Waals surface area (Å²) in [4.78, 5) is 27.4. The van der Waals surface area contributed by atoms with Gasteiger partial charge in [-0.2, -0.15) is 0 Å². The Morgan fingerprint density at radius 3 is 2.29 bits per heavy atom. The second kappa shape index (κ2) is 4.38.